The summed E-state index contributed by atoms with van der Waals surface area (Å²) in [5.74, 6) is 1.37. The van der Waals surface area contributed by atoms with Crippen molar-refractivity contribution in [3.63, 3.8) is 0 Å². The number of carbonyl (C=O) groups excluding carboxylic acids is 1. The third-order valence-corrected chi connectivity index (χ3v) is 8.15. The van der Waals surface area contributed by atoms with E-state index in [1.54, 1.807) is 18.4 Å². The number of benzene rings is 2. The second-order valence-electron chi connectivity index (χ2n) is 11.1. The highest BCUT2D eigenvalue weighted by atomic mass is 32.1. The predicted octanol–water partition coefficient (Wildman–Crippen LogP) is 9.13. The highest BCUT2D eigenvalue weighted by Gasteiger charge is 2.10. The second-order valence-corrected chi connectivity index (χ2v) is 11.8. The van der Waals surface area contributed by atoms with Crippen LogP contribution in [0.3, 0.4) is 0 Å². The van der Waals surface area contributed by atoms with E-state index in [1.807, 2.05) is 42.5 Å². The Morgan fingerprint density at radius 1 is 0.780 bits per heavy atom. The number of aromatic nitrogens is 1. The maximum absolute atomic E-state index is 12.7. The summed E-state index contributed by atoms with van der Waals surface area (Å²) in [5, 5.41) is 5.06. The first-order valence-corrected chi connectivity index (χ1v) is 16.7. The van der Waals surface area contributed by atoms with Crippen LogP contribution in [-0.2, 0) is 17.8 Å². The van der Waals surface area contributed by atoms with Gasteiger partial charge in [0.2, 0.25) is 11.4 Å². The van der Waals surface area contributed by atoms with E-state index in [2.05, 4.69) is 33.9 Å². The molecule has 1 aromatic heterocycles. The van der Waals surface area contributed by atoms with Crippen LogP contribution in [0.25, 0.3) is 0 Å². The Hall–Kier alpha value is -2.86. The van der Waals surface area contributed by atoms with Crippen molar-refractivity contribution in [1.29, 1.82) is 0 Å². The van der Waals surface area contributed by atoms with Gasteiger partial charge in [-0.1, -0.05) is 120 Å². The molecule has 0 unspecified atom stereocenters. The van der Waals surface area contributed by atoms with Crippen LogP contribution in [-0.4, -0.2) is 19.6 Å². The van der Waals surface area contributed by atoms with Gasteiger partial charge in [0.1, 0.15) is 0 Å². The fourth-order valence-electron chi connectivity index (χ4n) is 5.07. The van der Waals surface area contributed by atoms with Crippen molar-refractivity contribution in [2.24, 2.45) is 0 Å². The van der Waals surface area contributed by atoms with E-state index >= 15 is 0 Å². The maximum Gasteiger partial charge on any atom is 0.228 e. The van der Waals surface area contributed by atoms with Crippen LogP contribution in [0.5, 0.6) is 11.5 Å². The number of hydrogen-bond acceptors (Lipinski definition) is 4. The number of nitrogens with one attached hydrogen (secondary N) is 1. The van der Waals surface area contributed by atoms with Crippen LogP contribution in [0.1, 0.15) is 108 Å². The molecule has 1 heterocycles. The summed E-state index contributed by atoms with van der Waals surface area (Å²) in [6.07, 6.45) is 21.2. The average Bonchev–Trinajstić information content (AvgIpc) is 3.49. The summed E-state index contributed by atoms with van der Waals surface area (Å²) in [6, 6.07) is 13.8. The van der Waals surface area contributed by atoms with E-state index in [1.165, 1.54) is 89.0 Å². The molecule has 0 atom stereocenters. The highest BCUT2D eigenvalue weighted by Crippen LogP contribution is 2.29. The molecule has 0 aliphatic carbocycles. The normalized spacial score (nSPS) is 11.0. The molecule has 0 saturated carbocycles. The molecule has 5 nitrogen and oxygen atoms in total. The Balaban J connectivity index is 1.26. The number of nitrogens with zero attached hydrogens (tertiary/aromatic N) is 1. The quantitative estimate of drug-likeness (QED) is 0.0954. The van der Waals surface area contributed by atoms with Gasteiger partial charge in [0, 0.05) is 11.3 Å². The van der Waals surface area contributed by atoms with Gasteiger partial charge >= 0.3 is 0 Å². The third kappa shape index (κ3) is 13.6. The van der Waals surface area contributed by atoms with Crippen LogP contribution in [0.4, 0.5) is 5.69 Å². The van der Waals surface area contributed by atoms with Gasteiger partial charge in [-0.2, -0.15) is 4.57 Å². The van der Waals surface area contributed by atoms with Crippen molar-refractivity contribution in [3.8, 4) is 11.5 Å². The van der Waals surface area contributed by atoms with Crippen molar-refractivity contribution < 1.29 is 18.8 Å². The molecule has 1 amide bonds. The van der Waals surface area contributed by atoms with Crippen molar-refractivity contribution in [2.45, 2.75) is 110 Å². The zero-order chi connectivity index (χ0) is 29.0. The molecule has 0 aliphatic heterocycles. The van der Waals surface area contributed by atoms with E-state index in [4.69, 9.17) is 9.47 Å². The Bertz CT molecular complexity index is 1100. The Morgan fingerprint density at radius 3 is 1.98 bits per heavy atom. The number of carbonyl (C=O) groups is 1. The zero-order valence-electron chi connectivity index (χ0n) is 25.4. The van der Waals surface area contributed by atoms with Crippen LogP contribution < -0.4 is 19.4 Å². The minimum Gasteiger partial charge on any atom is -0.493 e. The van der Waals surface area contributed by atoms with Gasteiger partial charge in [-0.3, -0.25) is 4.79 Å². The van der Waals surface area contributed by atoms with Gasteiger partial charge in [0.05, 0.1) is 25.5 Å². The molecule has 0 radical (unpaired) electrons. The molecule has 224 valence electrons. The lowest BCUT2D eigenvalue weighted by Crippen LogP contribution is -2.30. The van der Waals surface area contributed by atoms with E-state index in [0.717, 1.165) is 30.0 Å². The molecule has 3 rings (SSSR count). The molecule has 1 N–H and O–H groups in total. The lowest BCUT2D eigenvalue weighted by Gasteiger charge is -2.12. The number of thiazole rings is 1. The molecule has 0 aliphatic rings. The molecule has 0 saturated heterocycles. The van der Waals surface area contributed by atoms with Gasteiger partial charge in [-0.15, -0.1) is 0 Å². The van der Waals surface area contributed by atoms with Gasteiger partial charge < -0.3 is 14.8 Å². The van der Waals surface area contributed by atoms with Crippen molar-refractivity contribution in [1.82, 2.24) is 0 Å². The Labute approximate surface area is 252 Å². The minimum atomic E-state index is -0.0527. The summed E-state index contributed by atoms with van der Waals surface area (Å²) >= 11 is 1.68. The third-order valence-electron chi connectivity index (χ3n) is 7.48. The van der Waals surface area contributed by atoms with Crippen molar-refractivity contribution in [2.75, 3.05) is 19.0 Å². The summed E-state index contributed by atoms with van der Waals surface area (Å²) < 4.78 is 13.7. The highest BCUT2D eigenvalue weighted by molar-refractivity contribution is 7.07. The van der Waals surface area contributed by atoms with Crippen molar-refractivity contribution >= 4 is 22.9 Å². The molecule has 41 heavy (non-hydrogen) atoms. The molecule has 0 spiro atoms. The number of methoxy groups -OCH3 is 1. The second kappa shape index (κ2) is 20.1. The maximum atomic E-state index is 12.7. The van der Waals surface area contributed by atoms with Gasteiger partial charge in [0.15, 0.2) is 24.2 Å². The molecule has 0 bridgehead atoms. The topological polar surface area (TPSA) is 51.4 Å². The molecule has 0 fully saturated rings. The van der Waals surface area contributed by atoms with Gasteiger partial charge in [-0.25, -0.2) is 0 Å². The molecular weight excluding hydrogens is 528 g/mol. The Kier molecular flexibility index (Phi) is 16.0. The van der Waals surface area contributed by atoms with E-state index < -0.39 is 0 Å². The van der Waals surface area contributed by atoms with Crippen LogP contribution in [0.15, 0.2) is 59.6 Å². The van der Waals surface area contributed by atoms with Crippen molar-refractivity contribution in [3.05, 3.63) is 70.7 Å². The van der Waals surface area contributed by atoms with Gasteiger partial charge in [-0.05, 0) is 36.2 Å². The average molecular weight is 580 g/mol. The van der Waals surface area contributed by atoms with E-state index in [0.29, 0.717) is 12.4 Å². The molecule has 2 aromatic carbocycles. The summed E-state index contributed by atoms with van der Waals surface area (Å²) in [7, 11) is 1.65. The summed E-state index contributed by atoms with van der Waals surface area (Å²) in [4.78, 5) is 12.7. The summed E-state index contributed by atoms with van der Waals surface area (Å²) in [6.45, 7) is 3.79. The van der Waals surface area contributed by atoms with Gasteiger partial charge in [0.25, 0.3) is 0 Å². The van der Waals surface area contributed by atoms with Crippen LogP contribution >= 0.6 is 11.3 Å². The number of unbranched alkanes of at least 4 members (excludes halogenated alkanes) is 13. The smallest absolute Gasteiger partial charge is 0.228 e. The first kappa shape index (κ1) is 32.7. The minimum absolute atomic E-state index is 0.0527. The SMILES string of the molecule is CCCCCCCCCCCCCCCCOc1ccc(CC(=O)Nc2ccc(C[n+]3ccsc3)cc2)cc1OC. The first-order chi connectivity index (χ1) is 20.2. The monoisotopic (exact) mass is 579 g/mol. The lowest BCUT2D eigenvalue weighted by molar-refractivity contribution is -0.683. The number of hydrogen-bond donors (Lipinski definition) is 1. The number of rotatable bonds is 22. The molecule has 6 heteroatoms. The lowest BCUT2D eigenvalue weighted by atomic mass is 10.0. The predicted molar refractivity (Wildman–Crippen MR) is 171 cm³/mol. The first-order valence-electron chi connectivity index (χ1n) is 15.8. The molecule has 3 aromatic rings. The molecular formula is C35H51N2O3S+. The largest absolute Gasteiger partial charge is 0.493 e. The fraction of sp³-hybridized carbons (Fsp3) is 0.543. The number of ether oxygens (including phenoxy) is 2. The number of anilines is 1. The standard InChI is InChI=1S/C35H50N2O3S/c1-3-4-5-6-7-8-9-10-11-12-13-14-15-16-24-40-33-22-19-31(26-34(33)39-2)27-35(38)36-32-20-17-30(18-21-32)28-37-23-25-41-29-37/h17-23,25-26,29H,3-16,24,27-28H2,1-2H3/p+1. The fourth-order valence-corrected chi connectivity index (χ4v) is 5.66. The van der Waals surface area contributed by atoms with E-state index in [9.17, 15) is 4.79 Å². The van der Waals surface area contributed by atoms with Crippen LogP contribution in [0.2, 0.25) is 0 Å². The van der Waals surface area contributed by atoms with Crippen LogP contribution in [0, 0.1) is 0 Å². The van der Waals surface area contributed by atoms with E-state index in [-0.39, 0.29) is 12.3 Å². The number of amides is 1. The zero-order valence-corrected chi connectivity index (χ0v) is 26.2. The Morgan fingerprint density at radius 2 is 1.39 bits per heavy atom. The summed E-state index contributed by atoms with van der Waals surface area (Å²) in [5.41, 5.74) is 4.98.